The number of methoxy groups -OCH3 is 1. The number of anilines is 1. The summed E-state index contributed by atoms with van der Waals surface area (Å²) in [5.74, 6) is -0.292. The highest BCUT2D eigenvalue weighted by molar-refractivity contribution is 5.89. The summed E-state index contributed by atoms with van der Waals surface area (Å²) in [5, 5.41) is 9.77. The second-order valence-corrected chi connectivity index (χ2v) is 6.12. The van der Waals surface area contributed by atoms with Crippen LogP contribution in [0, 0.1) is 5.82 Å². The van der Waals surface area contributed by atoms with Crippen LogP contribution >= 0.6 is 0 Å². The number of carbonyl (C=O) groups is 1. The molecule has 3 rings (SSSR count). The van der Waals surface area contributed by atoms with Crippen molar-refractivity contribution in [3.8, 4) is 5.75 Å². The maximum Gasteiger partial charge on any atom is 0.319 e. The zero-order valence-electron chi connectivity index (χ0n) is 15.1. The summed E-state index contributed by atoms with van der Waals surface area (Å²) in [4.78, 5) is 12.3. The first-order valence-corrected chi connectivity index (χ1v) is 8.52. The van der Waals surface area contributed by atoms with Crippen LogP contribution in [-0.2, 0) is 6.54 Å². The van der Waals surface area contributed by atoms with Crippen LogP contribution in [0.5, 0.6) is 5.75 Å². The average Bonchev–Trinajstić information content (AvgIpc) is 3.14. The van der Waals surface area contributed by atoms with Gasteiger partial charge in [0, 0.05) is 18.1 Å². The van der Waals surface area contributed by atoms with E-state index >= 15 is 0 Å². The normalized spacial score (nSPS) is 11.7. The topological polar surface area (TPSA) is 68.2 Å². The molecule has 1 aromatic heterocycles. The number of nitrogens with zero attached hydrogens (tertiary/aromatic N) is 2. The maximum atomic E-state index is 13.8. The third-order valence-electron chi connectivity index (χ3n) is 4.11. The molecule has 0 fully saturated rings. The maximum absolute atomic E-state index is 13.8. The van der Waals surface area contributed by atoms with Crippen LogP contribution in [0.3, 0.4) is 0 Å². The lowest BCUT2D eigenvalue weighted by Gasteiger charge is -2.16. The van der Waals surface area contributed by atoms with Crippen molar-refractivity contribution in [2.45, 2.75) is 19.5 Å². The van der Waals surface area contributed by atoms with Gasteiger partial charge in [0.15, 0.2) is 11.6 Å². The fraction of sp³-hybridized carbons (Fsp3) is 0.200. The van der Waals surface area contributed by atoms with Gasteiger partial charge >= 0.3 is 6.03 Å². The van der Waals surface area contributed by atoms with Gasteiger partial charge in [0.2, 0.25) is 0 Å². The third-order valence-corrected chi connectivity index (χ3v) is 4.11. The van der Waals surface area contributed by atoms with Crippen LogP contribution in [0.1, 0.15) is 24.1 Å². The summed E-state index contributed by atoms with van der Waals surface area (Å²) in [6.07, 6.45) is 3.60. The summed E-state index contributed by atoms with van der Waals surface area (Å²) in [5.41, 5.74) is 2.34. The predicted octanol–water partition coefficient (Wildman–Crippen LogP) is 3.96. The molecule has 2 aromatic carbocycles. The molecule has 3 aromatic rings. The second-order valence-electron chi connectivity index (χ2n) is 6.12. The van der Waals surface area contributed by atoms with Crippen molar-refractivity contribution in [2.75, 3.05) is 12.4 Å². The average molecular weight is 368 g/mol. The Balaban J connectivity index is 1.61. The Hall–Kier alpha value is -3.35. The van der Waals surface area contributed by atoms with Gasteiger partial charge in [-0.25, -0.2) is 9.18 Å². The Labute approximate surface area is 157 Å². The first kappa shape index (κ1) is 18.4. The largest absolute Gasteiger partial charge is 0.494 e. The highest BCUT2D eigenvalue weighted by Crippen LogP contribution is 2.22. The van der Waals surface area contributed by atoms with Gasteiger partial charge in [0.25, 0.3) is 0 Å². The zero-order chi connectivity index (χ0) is 19.2. The van der Waals surface area contributed by atoms with Gasteiger partial charge in [-0.05, 0) is 48.4 Å². The number of rotatable bonds is 6. The molecular weight excluding hydrogens is 347 g/mol. The van der Waals surface area contributed by atoms with Gasteiger partial charge in [-0.15, -0.1) is 0 Å². The van der Waals surface area contributed by atoms with Crippen molar-refractivity contribution < 1.29 is 13.9 Å². The van der Waals surface area contributed by atoms with Gasteiger partial charge in [-0.2, -0.15) is 5.10 Å². The number of halogens is 1. The Bertz CT molecular complexity index is 912. The smallest absolute Gasteiger partial charge is 0.319 e. The molecule has 1 atom stereocenters. The quantitative estimate of drug-likeness (QED) is 0.692. The van der Waals surface area contributed by atoms with E-state index in [9.17, 15) is 9.18 Å². The van der Waals surface area contributed by atoms with E-state index in [1.54, 1.807) is 29.9 Å². The second kappa shape index (κ2) is 8.35. The van der Waals surface area contributed by atoms with Crippen molar-refractivity contribution in [1.29, 1.82) is 0 Å². The highest BCUT2D eigenvalue weighted by atomic mass is 19.1. The van der Waals surface area contributed by atoms with Crippen molar-refractivity contribution >= 4 is 11.7 Å². The fourth-order valence-corrected chi connectivity index (χ4v) is 2.73. The van der Waals surface area contributed by atoms with E-state index in [0.717, 1.165) is 5.56 Å². The summed E-state index contributed by atoms with van der Waals surface area (Å²) >= 11 is 0. The van der Waals surface area contributed by atoms with Crippen LogP contribution < -0.4 is 15.4 Å². The van der Waals surface area contributed by atoms with E-state index in [1.807, 2.05) is 36.5 Å². The van der Waals surface area contributed by atoms with E-state index in [1.165, 1.54) is 13.2 Å². The van der Waals surface area contributed by atoms with Crippen molar-refractivity contribution in [3.05, 3.63) is 77.9 Å². The number of carbonyl (C=O) groups excluding carboxylic acids is 1. The molecule has 1 heterocycles. The summed E-state index contributed by atoms with van der Waals surface area (Å²) in [7, 11) is 1.41. The minimum absolute atomic E-state index is 0.171. The summed E-state index contributed by atoms with van der Waals surface area (Å²) < 4.78 is 20.5. The number of hydrogen-bond acceptors (Lipinski definition) is 3. The lowest BCUT2D eigenvalue weighted by atomic mass is 10.1. The van der Waals surface area contributed by atoms with E-state index in [2.05, 4.69) is 15.7 Å². The molecule has 2 amide bonds. The number of ether oxygens (including phenoxy) is 1. The number of benzene rings is 2. The van der Waals surface area contributed by atoms with Gasteiger partial charge in [-0.1, -0.05) is 18.2 Å². The van der Waals surface area contributed by atoms with E-state index in [-0.39, 0.29) is 17.8 Å². The Morgan fingerprint density at radius 1 is 1.26 bits per heavy atom. The highest BCUT2D eigenvalue weighted by Gasteiger charge is 2.12. The van der Waals surface area contributed by atoms with Crippen LogP contribution in [0.15, 0.2) is 60.9 Å². The molecule has 1 unspecified atom stereocenters. The molecule has 2 N–H and O–H groups in total. The van der Waals surface area contributed by atoms with Crippen molar-refractivity contribution in [2.24, 2.45) is 0 Å². The molecule has 0 saturated carbocycles. The molecule has 140 valence electrons. The zero-order valence-corrected chi connectivity index (χ0v) is 15.1. The van der Waals surface area contributed by atoms with E-state index in [4.69, 9.17) is 4.74 Å². The Kier molecular flexibility index (Phi) is 5.71. The summed E-state index contributed by atoms with van der Waals surface area (Å²) in [6, 6.07) is 13.3. The lowest BCUT2D eigenvalue weighted by molar-refractivity contribution is 0.249. The first-order valence-electron chi connectivity index (χ1n) is 8.52. The molecule has 0 saturated heterocycles. The number of amides is 2. The van der Waals surface area contributed by atoms with Crippen LogP contribution in [0.2, 0.25) is 0 Å². The minimum Gasteiger partial charge on any atom is -0.494 e. The van der Waals surface area contributed by atoms with Crippen molar-refractivity contribution in [1.82, 2.24) is 15.1 Å². The monoisotopic (exact) mass is 368 g/mol. The van der Waals surface area contributed by atoms with Gasteiger partial charge in [0.05, 0.1) is 19.7 Å². The predicted molar refractivity (Wildman–Crippen MR) is 101 cm³/mol. The summed E-state index contributed by atoms with van der Waals surface area (Å²) in [6.45, 7) is 2.40. The molecule has 27 heavy (non-hydrogen) atoms. The minimum atomic E-state index is -0.463. The van der Waals surface area contributed by atoms with Crippen molar-refractivity contribution in [3.63, 3.8) is 0 Å². The van der Waals surface area contributed by atoms with Crippen LogP contribution in [0.25, 0.3) is 0 Å². The molecule has 0 aliphatic rings. The van der Waals surface area contributed by atoms with Gasteiger partial charge < -0.3 is 15.4 Å². The number of nitrogens with one attached hydrogen (secondary N) is 2. The van der Waals surface area contributed by atoms with E-state index in [0.29, 0.717) is 17.8 Å². The molecule has 0 aliphatic carbocycles. The molecule has 6 nitrogen and oxygen atoms in total. The van der Waals surface area contributed by atoms with Crippen LogP contribution in [0.4, 0.5) is 14.9 Å². The molecule has 0 bridgehead atoms. The Morgan fingerprint density at radius 2 is 2.11 bits per heavy atom. The molecule has 0 radical (unpaired) electrons. The molecule has 0 aliphatic heterocycles. The fourth-order valence-electron chi connectivity index (χ4n) is 2.73. The third kappa shape index (κ3) is 4.84. The van der Waals surface area contributed by atoms with E-state index < -0.39 is 5.82 Å². The van der Waals surface area contributed by atoms with Crippen LogP contribution in [-0.4, -0.2) is 22.9 Å². The van der Waals surface area contributed by atoms with Gasteiger partial charge in [-0.3, -0.25) is 4.68 Å². The molecule has 0 spiro atoms. The number of aromatic nitrogens is 2. The number of hydrogen-bond donors (Lipinski definition) is 2. The standard InChI is InChI=1S/C20H21FN4O2/c1-14(16-7-8-19(27-2)18(21)12-16)23-20(26)24-17-6-3-5-15(11-17)13-25-10-4-9-22-25/h3-12,14H,13H2,1-2H3,(H2,23,24,26). The molecular formula is C20H21FN4O2. The molecule has 7 heteroatoms. The number of urea groups is 1. The lowest BCUT2D eigenvalue weighted by Crippen LogP contribution is -2.31. The Morgan fingerprint density at radius 3 is 2.81 bits per heavy atom. The van der Waals surface area contributed by atoms with Gasteiger partial charge in [0.1, 0.15) is 0 Å². The first-order chi connectivity index (χ1) is 13.0. The SMILES string of the molecule is COc1ccc(C(C)NC(=O)Nc2cccc(Cn3cccn3)c2)cc1F.